The fourth-order valence-electron chi connectivity index (χ4n) is 3.81. The number of carbonyl (C=O) groups excluding carboxylic acids is 2. The zero-order chi connectivity index (χ0) is 19.7. The number of rotatable bonds is 3. The number of ether oxygens (including phenoxy) is 2. The van der Waals surface area contributed by atoms with Gasteiger partial charge in [-0.2, -0.15) is 0 Å². The fraction of sp³-hybridized carbons (Fsp3) is 0.350. The van der Waals surface area contributed by atoms with Gasteiger partial charge >= 0.3 is 11.9 Å². The zero-order valence-corrected chi connectivity index (χ0v) is 15.3. The average molecular weight is 371 g/mol. The number of hydrogen-bond acceptors (Lipinski definition) is 6. The lowest BCUT2D eigenvalue weighted by Gasteiger charge is -2.35. The number of aliphatic hydroxyl groups is 1. The summed E-state index contributed by atoms with van der Waals surface area (Å²) in [5, 5.41) is 10.9. The summed E-state index contributed by atoms with van der Waals surface area (Å²) in [4.78, 5) is 37.2. The summed E-state index contributed by atoms with van der Waals surface area (Å²) < 4.78 is 11.4. The van der Waals surface area contributed by atoms with Gasteiger partial charge in [-0.25, -0.2) is 0 Å². The monoisotopic (exact) mass is 371 g/mol. The lowest BCUT2D eigenvalue weighted by molar-refractivity contribution is -0.163. The number of aliphatic hydroxyl groups excluding tert-OH is 1. The van der Waals surface area contributed by atoms with Crippen LogP contribution in [0.3, 0.4) is 0 Å². The predicted octanol–water partition coefficient (Wildman–Crippen LogP) is 1.31. The third kappa shape index (κ3) is 3.14. The minimum atomic E-state index is -1.46. The van der Waals surface area contributed by atoms with Crippen LogP contribution in [-0.4, -0.2) is 35.8 Å². The highest BCUT2D eigenvalue weighted by Crippen LogP contribution is 2.39. The number of aryl methyl sites for hydroxylation is 1. The highest BCUT2D eigenvalue weighted by atomic mass is 16.5. The average Bonchev–Trinajstić information content (AvgIpc) is 2.66. The van der Waals surface area contributed by atoms with Gasteiger partial charge in [-0.05, 0) is 19.1 Å². The largest absolute Gasteiger partial charge is 0.469 e. The maximum Gasteiger partial charge on any atom is 0.312 e. The third-order valence-corrected chi connectivity index (χ3v) is 5.01. The van der Waals surface area contributed by atoms with Crippen LogP contribution in [0.15, 0.2) is 41.2 Å². The van der Waals surface area contributed by atoms with E-state index >= 15 is 0 Å². The zero-order valence-electron chi connectivity index (χ0n) is 15.3. The van der Waals surface area contributed by atoms with Crippen LogP contribution in [0, 0.1) is 18.8 Å². The number of pyridine rings is 1. The molecular weight excluding hydrogens is 350 g/mol. The third-order valence-electron chi connectivity index (χ3n) is 5.01. The number of aromatic nitrogens is 1. The summed E-state index contributed by atoms with van der Waals surface area (Å²) in [6.45, 7) is 1.78. The van der Waals surface area contributed by atoms with E-state index in [-0.39, 0.29) is 17.4 Å². The van der Waals surface area contributed by atoms with Gasteiger partial charge in [0.2, 0.25) is 0 Å². The standard InChI is InChI=1S/C20H21NO6/c1-11-9-15(22)17-14(21(11)12-7-5-4-6-8-12)10-13(19(24)26-2)16(18(17)23)20(25)27-3/h4-9,13,16,18,23H,10H2,1-3H3/t13-,16+,18+/m1/s1. The molecule has 0 spiro atoms. The molecule has 1 aromatic heterocycles. The summed E-state index contributed by atoms with van der Waals surface area (Å²) in [5.41, 5.74) is 1.68. The summed E-state index contributed by atoms with van der Waals surface area (Å²) in [7, 11) is 2.40. The van der Waals surface area contributed by atoms with Crippen LogP contribution >= 0.6 is 0 Å². The second-order valence-electron chi connectivity index (χ2n) is 6.51. The van der Waals surface area contributed by atoms with Gasteiger partial charge in [0, 0.05) is 35.1 Å². The summed E-state index contributed by atoms with van der Waals surface area (Å²) in [5.74, 6) is -3.55. The molecule has 3 atom stereocenters. The van der Waals surface area contributed by atoms with E-state index in [0.717, 1.165) is 5.69 Å². The molecule has 0 bridgehead atoms. The number of carbonyl (C=O) groups is 2. The highest BCUT2D eigenvalue weighted by molar-refractivity contribution is 5.83. The number of nitrogens with zero attached hydrogens (tertiary/aromatic N) is 1. The van der Waals surface area contributed by atoms with Gasteiger partial charge in [0.15, 0.2) is 5.43 Å². The molecule has 3 rings (SSSR count). The van der Waals surface area contributed by atoms with E-state index < -0.39 is 29.9 Å². The Hall–Kier alpha value is -2.93. The van der Waals surface area contributed by atoms with E-state index in [9.17, 15) is 19.5 Å². The Morgan fingerprint density at radius 1 is 1.11 bits per heavy atom. The van der Waals surface area contributed by atoms with Gasteiger partial charge in [-0.3, -0.25) is 14.4 Å². The minimum Gasteiger partial charge on any atom is -0.469 e. The molecule has 1 aliphatic rings. The predicted molar refractivity (Wildman–Crippen MR) is 96.5 cm³/mol. The van der Waals surface area contributed by atoms with Gasteiger partial charge in [0.05, 0.1) is 26.2 Å². The van der Waals surface area contributed by atoms with Gasteiger partial charge in [-0.15, -0.1) is 0 Å². The lowest BCUT2D eigenvalue weighted by atomic mass is 9.75. The van der Waals surface area contributed by atoms with Crippen molar-refractivity contribution in [2.45, 2.75) is 19.4 Å². The SMILES string of the molecule is COC(=O)[C@@H]1[C@H](O)c2c(n(-c3ccccc3)c(C)cc2=O)C[C@H]1C(=O)OC. The Kier molecular flexibility index (Phi) is 5.14. The molecule has 1 N–H and O–H groups in total. The van der Waals surface area contributed by atoms with E-state index in [1.54, 1.807) is 6.92 Å². The highest BCUT2D eigenvalue weighted by Gasteiger charge is 2.47. The lowest BCUT2D eigenvalue weighted by Crippen LogP contribution is -2.44. The van der Waals surface area contributed by atoms with Crippen molar-refractivity contribution in [1.29, 1.82) is 0 Å². The van der Waals surface area contributed by atoms with Gasteiger partial charge < -0.3 is 19.1 Å². The normalized spacial score (nSPS) is 21.3. The first kappa shape index (κ1) is 18.8. The smallest absolute Gasteiger partial charge is 0.312 e. The van der Waals surface area contributed by atoms with Gasteiger partial charge in [0.25, 0.3) is 0 Å². The number of fused-ring (bicyclic) bond motifs is 1. The molecule has 0 saturated heterocycles. The molecule has 0 amide bonds. The van der Waals surface area contributed by atoms with Crippen molar-refractivity contribution >= 4 is 11.9 Å². The Balaban J connectivity index is 2.27. The van der Waals surface area contributed by atoms with Crippen LogP contribution in [0.1, 0.15) is 23.1 Å². The Morgan fingerprint density at radius 2 is 1.74 bits per heavy atom. The summed E-state index contributed by atoms with van der Waals surface area (Å²) in [6, 6.07) is 10.7. The first-order valence-corrected chi connectivity index (χ1v) is 8.55. The molecular formula is C20H21NO6. The maximum absolute atomic E-state index is 12.6. The second kappa shape index (κ2) is 7.36. The molecule has 0 saturated carbocycles. The molecule has 7 heteroatoms. The summed E-state index contributed by atoms with van der Waals surface area (Å²) >= 11 is 0. The Bertz CT molecular complexity index is 933. The fourth-order valence-corrected chi connectivity index (χ4v) is 3.81. The first-order valence-electron chi connectivity index (χ1n) is 8.55. The van der Waals surface area contributed by atoms with Crippen molar-refractivity contribution in [2.75, 3.05) is 14.2 Å². The molecule has 7 nitrogen and oxygen atoms in total. The molecule has 0 aliphatic heterocycles. The van der Waals surface area contributed by atoms with Crippen molar-refractivity contribution in [1.82, 2.24) is 4.57 Å². The molecule has 1 aliphatic carbocycles. The molecule has 1 heterocycles. The van der Waals surface area contributed by atoms with Gasteiger partial charge in [0.1, 0.15) is 5.92 Å². The van der Waals surface area contributed by atoms with Gasteiger partial charge in [-0.1, -0.05) is 18.2 Å². The number of benzene rings is 1. The van der Waals surface area contributed by atoms with E-state index in [2.05, 4.69) is 0 Å². The van der Waals surface area contributed by atoms with Crippen LogP contribution in [0.25, 0.3) is 5.69 Å². The number of para-hydroxylation sites is 1. The molecule has 2 aromatic rings. The maximum atomic E-state index is 12.6. The van der Waals surface area contributed by atoms with Crippen LogP contribution in [0.5, 0.6) is 0 Å². The van der Waals surface area contributed by atoms with E-state index in [1.807, 2.05) is 34.9 Å². The van der Waals surface area contributed by atoms with Crippen LogP contribution < -0.4 is 5.43 Å². The van der Waals surface area contributed by atoms with Crippen molar-refractivity contribution < 1.29 is 24.2 Å². The number of esters is 2. The molecule has 27 heavy (non-hydrogen) atoms. The Morgan fingerprint density at radius 3 is 2.33 bits per heavy atom. The van der Waals surface area contributed by atoms with Crippen molar-refractivity contribution in [2.24, 2.45) is 11.8 Å². The molecule has 0 radical (unpaired) electrons. The van der Waals surface area contributed by atoms with E-state index in [4.69, 9.17) is 9.47 Å². The van der Waals surface area contributed by atoms with Crippen LogP contribution in [-0.2, 0) is 25.5 Å². The molecule has 0 unspecified atom stereocenters. The second-order valence-corrected chi connectivity index (χ2v) is 6.51. The Labute approximate surface area is 156 Å². The number of hydrogen-bond donors (Lipinski definition) is 1. The minimum absolute atomic E-state index is 0.0741. The van der Waals surface area contributed by atoms with Crippen molar-refractivity contribution in [3.63, 3.8) is 0 Å². The van der Waals surface area contributed by atoms with Crippen molar-refractivity contribution in [3.8, 4) is 5.69 Å². The summed E-state index contributed by atoms with van der Waals surface area (Å²) in [6.07, 6.45) is -1.39. The molecule has 0 fully saturated rings. The van der Waals surface area contributed by atoms with Crippen LogP contribution in [0.2, 0.25) is 0 Å². The quantitative estimate of drug-likeness (QED) is 0.818. The van der Waals surface area contributed by atoms with Crippen LogP contribution in [0.4, 0.5) is 0 Å². The molecule has 1 aromatic carbocycles. The van der Waals surface area contributed by atoms with E-state index in [0.29, 0.717) is 11.4 Å². The topological polar surface area (TPSA) is 94.8 Å². The van der Waals surface area contributed by atoms with Crippen molar-refractivity contribution in [3.05, 3.63) is 63.6 Å². The van der Waals surface area contributed by atoms with E-state index in [1.165, 1.54) is 20.3 Å². The first-order chi connectivity index (χ1) is 12.9. The molecule has 142 valence electrons. The number of methoxy groups -OCH3 is 2.